The quantitative estimate of drug-likeness (QED) is 0.468. The number of likely N-dealkylation sites (tertiary alicyclic amines) is 1. The number of aryl methyl sites for hydroxylation is 2. The number of hydrogen-bond acceptors (Lipinski definition) is 6. The largest absolute Gasteiger partial charge is 0.497 e. The maximum atomic E-state index is 13.2. The molecule has 1 aromatic carbocycles. The van der Waals surface area contributed by atoms with Crippen molar-refractivity contribution in [3.8, 4) is 5.75 Å². The van der Waals surface area contributed by atoms with Crippen LogP contribution in [0, 0.1) is 25.7 Å². The van der Waals surface area contributed by atoms with Crippen molar-refractivity contribution in [3.63, 3.8) is 0 Å². The molecule has 1 amide bonds. The molecule has 1 N–H and O–H groups in total. The SMILES string of the molecule is COc1cc(C)c(S(=O)(=O)N(C)CCC(=O)NCC2CCC(CN3CCC(N(C)C)CC3)CC2)c(C)c1. The number of benzene rings is 1. The van der Waals surface area contributed by atoms with Crippen LogP contribution in [-0.2, 0) is 14.8 Å². The summed E-state index contributed by atoms with van der Waals surface area (Å²) in [6.07, 6.45) is 7.47. The molecule has 9 heteroatoms. The van der Waals surface area contributed by atoms with Crippen molar-refractivity contribution in [3.05, 3.63) is 23.3 Å². The van der Waals surface area contributed by atoms with Crippen LogP contribution in [0.5, 0.6) is 5.75 Å². The van der Waals surface area contributed by atoms with E-state index in [1.54, 1.807) is 33.1 Å². The summed E-state index contributed by atoms with van der Waals surface area (Å²) in [5, 5.41) is 3.06. The van der Waals surface area contributed by atoms with Gasteiger partial charge in [0.1, 0.15) is 5.75 Å². The molecular formula is C28H48N4O4S. The van der Waals surface area contributed by atoms with Gasteiger partial charge in [0.15, 0.2) is 0 Å². The lowest BCUT2D eigenvalue weighted by atomic mass is 9.81. The van der Waals surface area contributed by atoms with Crippen LogP contribution < -0.4 is 10.1 Å². The highest BCUT2D eigenvalue weighted by atomic mass is 32.2. The minimum absolute atomic E-state index is 0.0869. The molecule has 37 heavy (non-hydrogen) atoms. The molecule has 1 aromatic rings. The Morgan fingerprint density at radius 3 is 2.11 bits per heavy atom. The number of methoxy groups -OCH3 is 1. The standard InChI is InChI=1S/C28H48N4O4S/c1-21-17-26(36-6)18-22(2)28(21)37(34,35)31(5)14-13-27(33)29-19-23-7-9-24(10-8-23)20-32-15-11-25(12-16-32)30(3)4/h17-18,23-25H,7-16,19-20H2,1-6H3,(H,29,33). The zero-order chi connectivity index (χ0) is 27.2. The van der Waals surface area contributed by atoms with E-state index in [1.807, 2.05) is 0 Å². The summed E-state index contributed by atoms with van der Waals surface area (Å²) in [5.74, 6) is 1.84. The fourth-order valence-electron chi connectivity index (χ4n) is 5.92. The third-order valence-electron chi connectivity index (χ3n) is 8.35. The molecule has 2 fully saturated rings. The van der Waals surface area contributed by atoms with Crippen molar-refractivity contribution in [2.45, 2.75) is 69.7 Å². The summed E-state index contributed by atoms with van der Waals surface area (Å²) in [5.41, 5.74) is 1.28. The highest BCUT2D eigenvalue weighted by molar-refractivity contribution is 7.89. The number of sulfonamides is 1. The Kier molecular flexibility index (Phi) is 10.8. The normalized spacial score (nSPS) is 21.9. The van der Waals surface area contributed by atoms with E-state index in [0.717, 1.165) is 24.8 Å². The van der Waals surface area contributed by atoms with Crippen LogP contribution in [0.2, 0.25) is 0 Å². The molecule has 0 radical (unpaired) electrons. The first-order chi connectivity index (χ1) is 17.5. The Bertz CT molecular complexity index is 974. The van der Waals surface area contributed by atoms with E-state index in [0.29, 0.717) is 29.3 Å². The van der Waals surface area contributed by atoms with Crippen molar-refractivity contribution >= 4 is 15.9 Å². The van der Waals surface area contributed by atoms with Gasteiger partial charge in [-0.05, 0) is 115 Å². The minimum Gasteiger partial charge on any atom is -0.497 e. The molecule has 3 rings (SSSR count). The number of hydrogen-bond donors (Lipinski definition) is 1. The van der Waals surface area contributed by atoms with Gasteiger partial charge in [0.05, 0.1) is 12.0 Å². The zero-order valence-corrected chi connectivity index (χ0v) is 24.6. The number of ether oxygens (including phenoxy) is 1. The van der Waals surface area contributed by atoms with Crippen molar-refractivity contribution in [2.75, 3.05) is 61.0 Å². The van der Waals surface area contributed by atoms with Crippen LogP contribution in [0.1, 0.15) is 56.1 Å². The van der Waals surface area contributed by atoms with Gasteiger partial charge in [-0.1, -0.05) is 0 Å². The first-order valence-corrected chi connectivity index (χ1v) is 15.2. The maximum Gasteiger partial charge on any atom is 0.243 e. The second-order valence-electron chi connectivity index (χ2n) is 11.4. The summed E-state index contributed by atoms with van der Waals surface area (Å²) in [7, 11) is 3.78. The minimum atomic E-state index is -3.69. The van der Waals surface area contributed by atoms with Crippen LogP contribution >= 0.6 is 0 Å². The topological polar surface area (TPSA) is 82.2 Å². The molecule has 2 aliphatic rings. The molecule has 8 nitrogen and oxygen atoms in total. The van der Waals surface area contributed by atoms with Gasteiger partial charge in [-0.25, -0.2) is 12.7 Å². The summed E-state index contributed by atoms with van der Waals surface area (Å²) in [4.78, 5) is 17.8. The Morgan fingerprint density at radius 2 is 1.57 bits per heavy atom. The van der Waals surface area contributed by atoms with Crippen molar-refractivity contribution in [2.24, 2.45) is 11.8 Å². The van der Waals surface area contributed by atoms with Crippen molar-refractivity contribution in [1.29, 1.82) is 0 Å². The molecule has 0 spiro atoms. The van der Waals surface area contributed by atoms with E-state index >= 15 is 0 Å². The summed E-state index contributed by atoms with van der Waals surface area (Å²) in [6, 6.07) is 4.18. The maximum absolute atomic E-state index is 13.2. The lowest BCUT2D eigenvalue weighted by molar-refractivity contribution is -0.121. The van der Waals surface area contributed by atoms with Gasteiger partial charge in [0.2, 0.25) is 15.9 Å². The third-order valence-corrected chi connectivity index (χ3v) is 10.5. The van der Waals surface area contributed by atoms with Crippen molar-refractivity contribution < 1.29 is 17.9 Å². The molecule has 1 saturated heterocycles. The molecule has 210 valence electrons. The van der Waals surface area contributed by atoms with Gasteiger partial charge >= 0.3 is 0 Å². The van der Waals surface area contributed by atoms with Gasteiger partial charge in [-0.2, -0.15) is 0 Å². The number of carbonyl (C=O) groups excluding carboxylic acids is 1. The summed E-state index contributed by atoms with van der Waals surface area (Å²) >= 11 is 0. The predicted molar refractivity (Wildman–Crippen MR) is 149 cm³/mol. The van der Waals surface area contributed by atoms with E-state index in [4.69, 9.17) is 4.74 Å². The van der Waals surface area contributed by atoms with Crippen LogP contribution in [0.25, 0.3) is 0 Å². The van der Waals surface area contributed by atoms with Crippen LogP contribution in [-0.4, -0.2) is 95.4 Å². The molecule has 1 aliphatic carbocycles. The van der Waals surface area contributed by atoms with Crippen LogP contribution in [0.4, 0.5) is 0 Å². The molecule has 0 atom stereocenters. The molecule has 1 aliphatic heterocycles. The summed E-state index contributed by atoms with van der Waals surface area (Å²) in [6.45, 7) is 8.01. The molecule has 0 aromatic heterocycles. The Morgan fingerprint density at radius 1 is 1.00 bits per heavy atom. The number of nitrogens with one attached hydrogen (secondary N) is 1. The van der Waals surface area contributed by atoms with Gasteiger partial charge in [-0.3, -0.25) is 4.79 Å². The van der Waals surface area contributed by atoms with Crippen LogP contribution in [0.15, 0.2) is 17.0 Å². The smallest absolute Gasteiger partial charge is 0.243 e. The zero-order valence-electron chi connectivity index (χ0n) is 23.8. The van der Waals surface area contributed by atoms with E-state index in [2.05, 4.69) is 29.2 Å². The van der Waals surface area contributed by atoms with E-state index in [-0.39, 0.29) is 23.8 Å². The second-order valence-corrected chi connectivity index (χ2v) is 13.3. The monoisotopic (exact) mass is 536 g/mol. The Hall–Kier alpha value is -1.68. The Balaban J connectivity index is 1.37. The number of piperidine rings is 1. The van der Waals surface area contributed by atoms with Crippen LogP contribution in [0.3, 0.4) is 0 Å². The average Bonchev–Trinajstić information content (AvgIpc) is 2.86. The number of carbonyl (C=O) groups is 1. The summed E-state index contributed by atoms with van der Waals surface area (Å²) < 4.78 is 32.8. The van der Waals surface area contributed by atoms with E-state index in [9.17, 15) is 13.2 Å². The van der Waals surface area contributed by atoms with Gasteiger partial charge < -0.3 is 19.9 Å². The molecule has 1 saturated carbocycles. The lowest BCUT2D eigenvalue weighted by Crippen LogP contribution is -2.44. The molecule has 0 bridgehead atoms. The third kappa shape index (κ3) is 8.15. The number of nitrogens with zero attached hydrogens (tertiary/aromatic N) is 3. The predicted octanol–water partition coefficient (Wildman–Crippen LogP) is 3.27. The van der Waals surface area contributed by atoms with Gasteiger partial charge in [-0.15, -0.1) is 0 Å². The first-order valence-electron chi connectivity index (χ1n) is 13.8. The fraction of sp³-hybridized carbons (Fsp3) is 0.750. The van der Waals surface area contributed by atoms with E-state index < -0.39 is 10.0 Å². The van der Waals surface area contributed by atoms with Gasteiger partial charge in [0, 0.05) is 39.1 Å². The highest BCUT2D eigenvalue weighted by Gasteiger charge is 2.28. The number of rotatable bonds is 11. The average molecular weight is 537 g/mol. The van der Waals surface area contributed by atoms with Gasteiger partial charge in [0.25, 0.3) is 0 Å². The lowest BCUT2D eigenvalue weighted by Gasteiger charge is -2.38. The number of amides is 1. The first kappa shape index (κ1) is 29.9. The second kappa shape index (κ2) is 13.4. The molecule has 0 unspecified atom stereocenters. The Labute approximate surface area is 224 Å². The highest BCUT2D eigenvalue weighted by Crippen LogP contribution is 2.30. The fourth-order valence-corrected chi connectivity index (χ4v) is 7.49. The van der Waals surface area contributed by atoms with E-state index in [1.165, 1.54) is 56.7 Å². The van der Waals surface area contributed by atoms with Crippen molar-refractivity contribution in [1.82, 2.24) is 19.4 Å². The molecule has 1 heterocycles. The molecular weight excluding hydrogens is 488 g/mol.